The summed E-state index contributed by atoms with van der Waals surface area (Å²) in [6.07, 6.45) is 3.76. The maximum absolute atomic E-state index is 11.9. The highest BCUT2D eigenvalue weighted by atomic mass is 16.2. The minimum Gasteiger partial charge on any atom is -0.369 e. The van der Waals surface area contributed by atoms with Crippen molar-refractivity contribution in [1.82, 2.24) is 14.9 Å². The normalized spacial score (nSPS) is 16.5. The van der Waals surface area contributed by atoms with Crippen LogP contribution >= 0.6 is 0 Å². The van der Waals surface area contributed by atoms with Crippen molar-refractivity contribution in [2.75, 3.05) is 48.3 Å². The van der Waals surface area contributed by atoms with E-state index in [0.29, 0.717) is 5.95 Å². The zero-order valence-electron chi connectivity index (χ0n) is 19.0. The van der Waals surface area contributed by atoms with Crippen molar-refractivity contribution in [1.29, 1.82) is 0 Å². The molecule has 33 heavy (non-hydrogen) atoms. The molecule has 2 fully saturated rings. The Labute approximate surface area is 194 Å². The first-order chi connectivity index (χ1) is 16.2. The number of anilines is 4. The van der Waals surface area contributed by atoms with E-state index in [2.05, 4.69) is 61.6 Å². The van der Waals surface area contributed by atoms with Crippen LogP contribution < -0.4 is 15.5 Å². The molecule has 0 spiro atoms. The minimum atomic E-state index is 0.116. The molecule has 0 radical (unpaired) electrons. The summed E-state index contributed by atoms with van der Waals surface area (Å²) in [6, 6.07) is 18.1. The number of amides is 1. The number of benzene rings is 2. The Kier molecular flexibility index (Phi) is 6.21. The number of nitrogens with zero attached hydrogens (tertiary/aromatic N) is 4. The van der Waals surface area contributed by atoms with Crippen molar-refractivity contribution in [3.05, 3.63) is 60.8 Å². The lowest BCUT2D eigenvalue weighted by Crippen LogP contribution is -2.46. The SMILES string of the molecule is CCN1CCN(c2ccc(Nc3nccc(-c4ccc(NC(=O)C5CC5)cc4)n3)cc2)CC1. The highest BCUT2D eigenvalue weighted by Crippen LogP contribution is 2.30. The average molecular weight is 443 g/mol. The predicted octanol–water partition coefficient (Wildman–Crippen LogP) is 4.38. The number of hydrogen-bond acceptors (Lipinski definition) is 6. The van der Waals surface area contributed by atoms with Crippen molar-refractivity contribution in [2.45, 2.75) is 19.8 Å². The number of piperazine rings is 1. The Morgan fingerprint density at radius 2 is 1.64 bits per heavy atom. The Bertz CT molecular complexity index is 1090. The van der Waals surface area contributed by atoms with Crippen LogP contribution in [0.2, 0.25) is 0 Å². The third kappa shape index (κ3) is 5.31. The van der Waals surface area contributed by atoms with E-state index in [1.165, 1.54) is 5.69 Å². The van der Waals surface area contributed by atoms with Crippen LogP contribution in [0.4, 0.5) is 23.0 Å². The molecule has 0 unspecified atom stereocenters. The maximum atomic E-state index is 11.9. The highest BCUT2D eigenvalue weighted by molar-refractivity contribution is 5.94. The summed E-state index contributed by atoms with van der Waals surface area (Å²) in [5.74, 6) is 0.869. The van der Waals surface area contributed by atoms with Gasteiger partial charge in [-0.1, -0.05) is 19.1 Å². The molecule has 1 saturated carbocycles. The van der Waals surface area contributed by atoms with Crippen LogP contribution in [-0.4, -0.2) is 53.5 Å². The number of carbonyl (C=O) groups is 1. The average Bonchev–Trinajstić information content (AvgIpc) is 3.71. The van der Waals surface area contributed by atoms with Gasteiger partial charge in [-0.3, -0.25) is 4.79 Å². The number of rotatable bonds is 7. The molecule has 2 aromatic carbocycles. The molecule has 0 bridgehead atoms. The molecule has 7 heteroatoms. The fourth-order valence-corrected chi connectivity index (χ4v) is 4.10. The van der Waals surface area contributed by atoms with Gasteiger partial charge in [0.2, 0.25) is 11.9 Å². The molecule has 1 aliphatic heterocycles. The Balaban J connectivity index is 1.22. The number of likely N-dealkylation sites (N-methyl/N-ethyl adjacent to an activating group) is 1. The van der Waals surface area contributed by atoms with Gasteiger partial charge in [-0.05, 0) is 61.9 Å². The summed E-state index contributed by atoms with van der Waals surface area (Å²) in [7, 11) is 0. The lowest BCUT2D eigenvalue weighted by molar-refractivity contribution is -0.117. The van der Waals surface area contributed by atoms with Gasteiger partial charge >= 0.3 is 0 Å². The van der Waals surface area contributed by atoms with E-state index >= 15 is 0 Å². The topological polar surface area (TPSA) is 73.4 Å². The number of nitrogens with one attached hydrogen (secondary N) is 2. The van der Waals surface area contributed by atoms with E-state index in [0.717, 1.165) is 68.2 Å². The van der Waals surface area contributed by atoms with Crippen LogP contribution in [0.1, 0.15) is 19.8 Å². The van der Waals surface area contributed by atoms with Gasteiger partial charge in [-0.25, -0.2) is 9.97 Å². The molecule has 2 aliphatic rings. The third-order valence-electron chi connectivity index (χ3n) is 6.36. The predicted molar refractivity (Wildman–Crippen MR) is 133 cm³/mol. The van der Waals surface area contributed by atoms with Gasteiger partial charge in [0.1, 0.15) is 0 Å². The van der Waals surface area contributed by atoms with E-state index in [9.17, 15) is 4.79 Å². The van der Waals surface area contributed by atoms with Crippen LogP contribution in [0, 0.1) is 5.92 Å². The minimum absolute atomic E-state index is 0.116. The quantitative estimate of drug-likeness (QED) is 0.566. The molecular weight excluding hydrogens is 412 g/mol. The molecule has 1 saturated heterocycles. The van der Waals surface area contributed by atoms with Crippen molar-refractivity contribution in [2.24, 2.45) is 5.92 Å². The Morgan fingerprint density at radius 1 is 0.939 bits per heavy atom. The van der Waals surface area contributed by atoms with Crippen LogP contribution in [0.15, 0.2) is 60.8 Å². The van der Waals surface area contributed by atoms with Crippen LogP contribution in [0.5, 0.6) is 0 Å². The Hall–Kier alpha value is -3.45. The molecule has 1 aromatic heterocycles. The maximum Gasteiger partial charge on any atom is 0.227 e. The fraction of sp³-hybridized carbons (Fsp3) is 0.346. The molecule has 5 rings (SSSR count). The van der Waals surface area contributed by atoms with Gasteiger partial charge < -0.3 is 20.4 Å². The zero-order valence-corrected chi connectivity index (χ0v) is 19.0. The largest absolute Gasteiger partial charge is 0.369 e. The van der Waals surface area contributed by atoms with Crippen LogP contribution in [-0.2, 0) is 4.79 Å². The van der Waals surface area contributed by atoms with E-state index in [4.69, 9.17) is 0 Å². The second kappa shape index (κ2) is 9.58. The molecule has 2 N–H and O–H groups in total. The first-order valence-corrected chi connectivity index (χ1v) is 11.8. The Morgan fingerprint density at radius 3 is 2.30 bits per heavy atom. The van der Waals surface area contributed by atoms with Crippen molar-refractivity contribution < 1.29 is 4.79 Å². The second-order valence-electron chi connectivity index (χ2n) is 8.70. The summed E-state index contributed by atoms with van der Waals surface area (Å²) in [6.45, 7) is 7.70. The van der Waals surface area contributed by atoms with Gasteiger partial charge in [0, 0.05) is 60.9 Å². The molecule has 1 amide bonds. The van der Waals surface area contributed by atoms with Crippen LogP contribution in [0.25, 0.3) is 11.3 Å². The van der Waals surface area contributed by atoms with Crippen LogP contribution in [0.3, 0.4) is 0 Å². The van der Waals surface area contributed by atoms with Gasteiger partial charge in [-0.2, -0.15) is 0 Å². The number of carbonyl (C=O) groups excluding carboxylic acids is 1. The second-order valence-corrected chi connectivity index (χ2v) is 8.70. The third-order valence-corrected chi connectivity index (χ3v) is 6.36. The standard InChI is InChI=1S/C26H30N6O/c1-2-31-15-17-32(18-16-31)23-11-9-22(10-12-23)29-26-27-14-13-24(30-26)19-5-7-21(8-6-19)28-25(33)20-3-4-20/h5-14,20H,2-4,15-18H2,1H3,(H,28,33)(H,27,29,30). The lowest BCUT2D eigenvalue weighted by Gasteiger charge is -2.35. The lowest BCUT2D eigenvalue weighted by atomic mass is 10.1. The molecular formula is C26H30N6O. The van der Waals surface area contributed by atoms with Gasteiger partial charge in [0.05, 0.1) is 5.69 Å². The number of hydrogen-bond donors (Lipinski definition) is 2. The fourth-order valence-electron chi connectivity index (χ4n) is 4.10. The summed E-state index contributed by atoms with van der Waals surface area (Å²) in [5, 5.41) is 6.28. The molecule has 7 nitrogen and oxygen atoms in total. The van der Waals surface area contributed by atoms with E-state index in [1.807, 2.05) is 30.3 Å². The molecule has 3 aromatic rings. The molecule has 1 aliphatic carbocycles. The summed E-state index contributed by atoms with van der Waals surface area (Å²) in [5.41, 5.74) is 4.84. The zero-order chi connectivity index (χ0) is 22.6. The molecule has 2 heterocycles. The highest BCUT2D eigenvalue weighted by Gasteiger charge is 2.29. The van der Waals surface area contributed by atoms with Crippen molar-refractivity contribution >= 4 is 28.9 Å². The van der Waals surface area contributed by atoms with E-state index in [-0.39, 0.29) is 11.8 Å². The van der Waals surface area contributed by atoms with Crippen molar-refractivity contribution in [3.63, 3.8) is 0 Å². The van der Waals surface area contributed by atoms with Crippen molar-refractivity contribution in [3.8, 4) is 11.3 Å². The summed E-state index contributed by atoms with van der Waals surface area (Å²) < 4.78 is 0. The monoisotopic (exact) mass is 442 g/mol. The van der Waals surface area contributed by atoms with Gasteiger partial charge in [-0.15, -0.1) is 0 Å². The molecule has 170 valence electrons. The molecule has 0 atom stereocenters. The van der Waals surface area contributed by atoms with Gasteiger partial charge in [0.25, 0.3) is 0 Å². The number of aromatic nitrogens is 2. The first kappa shape index (κ1) is 21.4. The van der Waals surface area contributed by atoms with E-state index < -0.39 is 0 Å². The first-order valence-electron chi connectivity index (χ1n) is 11.8. The smallest absolute Gasteiger partial charge is 0.227 e. The van der Waals surface area contributed by atoms with Gasteiger partial charge in [0.15, 0.2) is 0 Å². The van der Waals surface area contributed by atoms with E-state index in [1.54, 1.807) is 6.20 Å². The summed E-state index contributed by atoms with van der Waals surface area (Å²) >= 11 is 0. The summed E-state index contributed by atoms with van der Waals surface area (Å²) in [4.78, 5) is 25.9.